The van der Waals surface area contributed by atoms with Gasteiger partial charge in [-0.3, -0.25) is 0 Å². The average Bonchev–Trinajstić information content (AvgIpc) is 2.16. The molecule has 0 spiro atoms. The Labute approximate surface area is 98.2 Å². The van der Waals surface area contributed by atoms with E-state index in [0.29, 0.717) is 0 Å². The van der Waals surface area contributed by atoms with Gasteiger partial charge in [-0.05, 0) is 32.9 Å². The van der Waals surface area contributed by atoms with Crippen molar-refractivity contribution < 1.29 is 0 Å². The summed E-state index contributed by atoms with van der Waals surface area (Å²) in [5.41, 5.74) is 0.0304. The van der Waals surface area contributed by atoms with Crippen LogP contribution in [0.25, 0.3) is 0 Å². The molecule has 0 bridgehead atoms. The summed E-state index contributed by atoms with van der Waals surface area (Å²) >= 11 is 0. The molecule has 0 fully saturated rings. The van der Waals surface area contributed by atoms with Crippen molar-refractivity contribution in [3.05, 3.63) is 30.9 Å². The molecule has 3 heteroatoms. The Morgan fingerprint density at radius 3 is 2.69 bits per heavy atom. The van der Waals surface area contributed by atoms with Crippen molar-refractivity contribution in [1.29, 1.82) is 0 Å². The second-order valence-electron chi connectivity index (χ2n) is 4.93. The van der Waals surface area contributed by atoms with Gasteiger partial charge >= 0.3 is 0 Å². The fourth-order valence-electron chi connectivity index (χ4n) is 1.38. The number of pyridine rings is 1. The lowest BCUT2D eigenvalue weighted by Gasteiger charge is -2.23. The van der Waals surface area contributed by atoms with Crippen LogP contribution in [-0.4, -0.2) is 24.1 Å². The van der Waals surface area contributed by atoms with Crippen LogP contribution in [0.4, 0.5) is 11.6 Å². The van der Waals surface area contributed by atoms with E-state index in [4.69, 9.17) is 0 Å². The Kier molecular flexibility index (Phi) is 3.93. The van der Waals surface area contributed by atoms with Crippen molar-refractivity contribution in [2.24, 2.45) is 0 Å². The minimum absolute atomic E-state index is 0.0304. The second kappa shape index (κ2) is 5.01. The summed E-state index contributed by atoms with van der Waals surface area (Å²) in [6.07, 6.45) is 1.87. The molecule has 1 heterocycles. The Morgan fingerprint density at radius 1 is 1.44 bits per heavy atom. The molecule has 0 radical (unpaired) electrons. The molecule has 0 aliphatic heterocycles. The number of hydrogen-bond acceptors (Lipinski definition) is 3. The number of anilines is 2. The highest BCUT2D eigenvalue weighted by Crippen LogP contribution is 2.16. The monoisotopic (exact) mass is 219 g/mol. The van der Waals surface area contributed by atoms with Gasteiger partial charge in [0.15, 0.2) is 0 Å². The van der Waals surface area contributed by atoms with E-state index in [1.807, 2.05) is 31.3 Å². The van der Waals surface area contributed by atoms with Crippen LogP contribution < -0.4 is 10.2 Å². The second-order valence-corrected chi connectivity index (χ2v) is 4.93. The van der Waals surface area contributed by atoms with Crippen molar-refractivity contribution >= 4 is 11.6 Å². The Morgan fingerprint density at radius 2 is 2.12 bits per heavy atom. The molecule has 0 saturated heterocycles. The largest absolute Gasteiger partial charge is 0.365 e. The number of likely N-dealkylation sites (N-methyl/N-ethyl adjacent to an activating group) is 1. The van der Waals surface area contributed by atoms with Gasteiger partial charge in [0, 0.05) is 19.1 Å². The normalized spacial score (nSPS) is 11.0. The summed E-state index contributed by atoms with van der Waals surface area (Å²) in [6, 6.07) is 5.99. The van der Waals surface area contributed by atoms with E-state index in [1.165, 1.54) is 0 Å². The first-order valence-corrected chi connectivity index (χ1v) is 5.49. The number of rotatable bonds is 4. The molecular weight excluding hydrogens is 198 g/mol. The third-order valence-electron chi connectivity index (χ3n) is 2.03. The maximum Gasteiger partial charge on any atom is 0.130 e. The van der Waals surface area contributed by atoms with Crippen molar-refractivity contribution in [2.45, 2.75) is 26.3 Å². The fraction of sp³-hybridized carbons (Fsp3) is 0.462. The van der Waals surface area contributed by atoms with Crippen molar-refractivity contribution in [3.8, 4) is 0 Å². The van der Waals surface area contributed by atoms with E-state index < -0.39 is 0 Å². The topological polar surface area (TPSA) is 28.2 Å². The Balaban J connectivity index is 2.82. The number of nitrogens with zero attached hydrogens (tertiary/aromatic N) is 2. The predicted molar refractivity (Wildman–Crippen MR) is 71.1 cm³/mol. The lowest BCUT2D eigenvalue weighted by Crippen LogP contribution is -2.27. The van der Waals surface area contributed by atoms with Gasteiger partial charge < -0.3 is 10.2 Å². The molecule has 16 heavy (non-hydrogen) atoms. The molecule has 0 amide bonds. The molecule has 3 nitrogen and oxygen atoms in total. The van der Waals surface area contributed by atoms with Crippen LogP contribution in [-0.2, 0) is 0 Å². The van der Waals surface area contributed by atoms with Gasteiger partial charge in [0.05, 0.1) is 0 Å². The maximum absolute atomic E-state index is 4.54. The molecular formula is C13H21N3. The van der Waals surface area contributed by atoms with Crippen LogP contribution in [0.15, 0.2) is 30.9 Å². The summed E-state index contributed by atoms with van der Waals surface area (Å²) in [4.78, 5) is 6.60. The molecule has 1 aromatic heterocycles. The van der Waals surface area contributed by atoms with Gasteiger partial charge in [0.1, 0.15) is 11.6 Å². The molecule has 0 aliphatic rings. The van der Waals surface area contributed by atoms with Crippen molar-refractivity contribution in [1.82, 2.24) is 4.98 Å². The van der Waals surface area contributed by atoms with E-state index in [9.17, 15) is 0 Å². The van der Waals surface area contributed by atoms with Crippen LogP contribution in [0.5, 0.6) is 0 Å². The molecule has 0 unspecified atom stereocenters. The molecule has 1 N–H and O–H groups in total. The summed E-state index contributed by atoms with van der Waals surface area (Å²) in [5.74, 6) is 1.86. The summed E-state index contributed by atoms with van der Waals surface area (Å²) < 4.78 is 0. The highest BCUT2D eigenvalue weighted by atomic mass is 15.2. The first-order valence-electron chi connectivity index (χ1n) is 5.49. The smallest absolute Gasteiger partial charge is 0.130 e. The van der Waals surface area contributed by atoms with E-state index in [1.54, 1.807) is 0 Å². The number of aromatic nitrogens is 1. The SMILES string of the molecule is C=CCN(C)c1cccc(NC(C)(C)C)n1. The fourth-order valence-corrected chi connectivity index (χ4v) is 1.38. The molecule has 1 aromatic rings. The maximum atomic E-state index is 4.54. The van der Waals surface area contributed by atoms with E-state index in [0.717, 1.165) is 18.2 Å². The molecule has 0 aliphatic carbocycles. The molecule has 1 rings (SSSR count). The van der Waals surface area contributed by atoms with Crippen molar-refractivity contribution in [3.63, 3.8) is 0 Å². The van der Waals surface area contributed by atoms with Crippen LogP contribution >= 0.6 is 0 Å². The minimum Gasteiger partial charge on any atom is -0.365 e. The molecule has 0 atom stereocenters. The quantitative estimate of drug-likeness (QED) is 0.789. The van der Waals surface area contributed by atoms with Gasteiger partial charge in [-0.25, -0.2) is 4.98 Å². The number of nitrogens with one attached hydrogen (secondary N) is 1. The van der Waals surface area contributed by atoms with E-state index >= 15 is 0 Å². The molecule has 0 saturated carbocycles. The number of hydrogen-bond donors (Lipinski definition) is 1. The highest BCUT2D eigenvalue weighted by molar-refractivity contribution is 5.47. The third kappa shape index (κ3) is 3.93. The average molecular weight is 219 g/mol. The lowest BCUT2D eigenvalue weighted by atomic mass is 10.1. The van der Waals surface area contributed by atoms with Crippen LogP contribution in [0.2, 0.25) is 0 Å². The van der Waals surface area contributed by atoms with Crippen molar-refractivity contribution in [2.75, 3.05) is 23.8 Å². The predicted octanol–water partition coefficient (Wildman–Crippen LogP) is 2.91. The van der Waals surface area contributed by atoms with Crippen LogP contribution in [0.3, 0.4) is 0 Å². The van der Waals surface area contributed by atoms with Gasteiger partial charge in [-0.2, -0.15) is 0 Å². The van der Waals surface area contributed by atoms with Gasteiger partial charge in [-0.15, -0.1) is 6.58 Å². The third-order valence-corrected chi connectivity index (χ3v) is 2.03. The van der Waals surface area contributed by atoms with E-state index in [2.05, 4.69) is 42.6 Å². The standard InChI is InChI=1S/C13H21N3/c1-6-10-16(5)12-9-7-8-11(14-12)15-13(2,3)4/h6-9H,1,10H2,2-5H3,(H,14,15). The summed E-state index contributed by atoms with van der Waals surface area (Å²) in [6.45, 7) is 10.9. The van der Waals surface area contributed by atoms with E-state index in [-0.39, 0.29) is 5.54 Å². The zero-order chi connectivity index (χ0) is 12.2. The Hall–Kier alpha value is -1.51. The first kappa shape index (κ1) is 12.6. The van der Waals surface area contributed by atoms with Gasteiger partial charge in [0.25, 0.3) is 0 Å². The van der Waals surface area contributed by atoms with Crippen LogP contribution in [0.1, 0.15) is 20.8 Å². The lowest BCUT2D eigenvalue weighted by molar-refractivity contribution is 0.630. The summed E-state index contributed by atoms with van der Waals surface area (Å²) in [7, 11) is 2.00. The van der Waals surface area contributed by atoms with Crippen LogP contribution in [0, 0.1) is 0 Å². The Bertz CT molecular complexity index is 352. The first-order chi connectivity index (χ1) is 7.42. The zero-order valence-electron chi connectivity index (χ0n) is 10.6. The van der Waals surface area contributed by atoms with Gasteiger partial charge in [-0.1, -0.05) is 12.1 Å². The molecule has 0 aromatic carbocycles. The van der Waals surface area contributed by atoms with Gasteiger partial charge in [0.2, 0.25) is 0 Å². The summed E-state index contributed by atoms with van der Waals surface area (Å²) in [5, 5.41) is 3.35. The molecule has 88 valence electrons. The minimum atomic E-state index is 0.0304. The highest BCUT2D eigenvalue weighted by Gasteiger charge is 2.10. The zero-order valence-corrected chi connectivity index (χ0v) is 10.6.